The Morgan fingerprint density at radius 3 is 2.69 bits per heavy atom. The molecule has 0 aromatic heterocycles. The standard InChI is InChI=1S/C22H29ClN4O2/c1-22(2)15-27(12-13-29-22)19(16-8-10-17(23)11-9-16)14-25-21(24)26-18-6-4-5-7-20(18)28-3/h4-11,19H,12-15H2,1-3H3,(H3,24,25,26). The average molecular weight is 417 g/mol. The lowest BCUT2D eigenvalue weighted by molar-refractivity contribution is -0.0966. The minimum absolute atomic E-state index is 0.0773. The number of para-hydroxylation sites is 2. The van der Waals surface area contributed by atoms with E-state index in [4.69, 9.17) is 26.8 Å². The van der Waals surface area contributed by atoms with Crippen LogP contribution in [-0.4, -0.2) is 49.8 Å². The van der Waals surface area contributed by atoms with Crippen LogP contribution in [0.3, 0.4) is 0 Å². The third-order valence-electron chi connectivity index (χ3n) is 4.96. The molecule has 1 aliphatic heterocycles. The highest BCUT2D eigenvalue weighted by atomic mass is 35.5. The smallest absolute Gasteiger partial charge is 0.193 e. The molecule has 0 bridgehead atoms. The number of hydrogen-bond acceptors (Lipinski definition) is 4. The molecule has 0 radical (unpaired) electrons. The molecule has 1 saturated heterocycles. The largest absolute Gasteiger partial charge is 0.495 e. The maximum absolute atomic E-state index is 6.18. The SMILES string of the molecule is COc1ccccc1NC(N)=NCC(c1ccc(Cl)cc1)N1CCOC(C)(C)C1. The van der Waals surface area contributed by atoms with Gasteiger partial charge in [0.05, 0.1) is 37.6 Å². The Hall–Kier alpha value is -2.28. The van der Waals surface area contributed by atoms with Crippen molar-refractivity contribution in [3.8, 4) is 5.75 Å². The van der Waals surface area contributed by atoms with Crippen molar-refractivity contribution in [3.05, 3.63) is 59.1 Å². The van der Waals surface area contributed by atoms with Crippen LogP contribution in [0.25, 0.3) is 0 Å². The predicted molar refractivity (Wildman–Crippen MR) is 119 cm³/mol. The monoisotopic (exact) mass is 416 g/mol. The molecule has 0 amide bonds. The number of morpholine rings is 1. The minimum atomic E-state index is -0.201. The van der Waals surface area contributed by atoms with Gasteiger partial charge in [0, 0.05) is 18.1 Å². The Kier molecular flexibility index (Phi) is 7.00. The first kappa shape index (κ1) is 21.4. The van der Waals surface area contributed by atoms with Gasteiger partial charge in [-0.3, -0.25) is 9.89 Å². The fourth-order valence-electron chi connectivity index (χ4n) is 3.55. The van der Waals surface area contributed by atoms with Crippen molar-refractivity contribution in [2.75, 3.05) is 38.7 Å². The Bertz CT molecular complexity index is 839. The summed E-state index contributed by atoms with van der Waals surface area (Å²) in [6, 6.07) is 15.6. The van der Waals surface area contributed by atoms with E-state index >= 15 is 0 Å². The van der Waals surface area contributed by atoms with E-state index < -0.39 is 0 Å². The zero-order valence-electron chi connectivity index (χ0n) is 17.2. The molecular formula is C22H29ClN4O2. The fraction of sp³-hybridized carbons (Fsp3) is 0.409. The van der Waals surface area contributed by atoms with Crippen LogP contribution in [0.15, 0.2) is 53.5 Å². The molecule has 1 fully saturated rings. The normalized spacial score (nSPS) is 18.3. The number of nitrogens with one attached hydrogen (secondary N) is 1. The summed E-state index contributed by atoms with van der Waals surface area (Å²) in [5.74, 6) is 1.07. The van der Waals surface area contributed by atoms with Crippen LogP contribution in [0.4, 0.5) is 5.69 Å². The lowest BCUT2D eigenvalue weighted by atomic mass is 10.0. The molecule has 1 heterocycles. The highest BCUT2D eigenvalue weighted by Gasteiger charge is 2.32. The average Bonchev–Trinajstić information content (AvgIpc) is 2.69. The van der Waals surface area contributed by atoms with Gasteiger partial charge in [-0.1, -0.05) is 35.9 Å². The van der Waals surface area contributed by atoms with Crippen molar-refractivity contribution >= 4 is 23.2 Å². The van der Waals surface area contributed by atoms with Crippen LogP contribution >= 0.6 is 11.6 Å². The second-order valence-corrected chi connectivity index (χ2v) is 8.13. The molecular weight excluding hydrogens is 388 g/mol. The first-order valence-electron chi connectivity index (χ1n) is 9.71. The van der Waals surface area contributed by atoms with Gasteiger partial charge in [0.15, 0.2) is 5.96 Å². The highest BCUT2D eigenvalue weighted by Crippen LogP contribution is 2.28. The molecule has 6 nitrogen and oxygen atoms in total. The summed E-state index contributed by atoms with van der Waals surface area (Å²) in [6.45, 7) is 7.08. The maximum Gasteiger partial charge on any atom is 0.193 e. The number of benzene rings is 2. The number of halogens is 1. The zero-order valence-corrected chi connectivity index (χ0v) is 17.9. The Balaban J connectivity index is 1.79. The van der Waals surface area contributed by atoms with E-state index in [9.17, 15) is 0 Å². The molecule has 156 valence electrons. The summed E-state index contributed by atoms with van der Waals surface area (Å²) in [5, 5.41) is 3.85. The van der Waals surface area contributed by atoms with Gasteiger partial charge >= 0.3 is 0 Å². The number of guanidine groups is 1. The summed E-state index contributed by atoms with van der Waals surface area (Å²) in [4.78, 5) is 7.02. The van der Waals surface area contributed by atoms with Gasteiger partial charge in [-0.05, 0) is 43.7 Å². The van der Waals surface area contributed by atoms with E-state index in [0.717, 1.165) is 35.1 Å². The number of hydrogen-bond donors (Lipinski definition) is 2. The third kappa shape index (κ3) is 5.85. The van der Waals surface area contributed by atoms with Gasteiger partial charge in [-0.2, -0.15) is 0 Å². The van der Waals surface area contributed by atoms with E-state index in [1.165, 1.54) is 0 Å². The summed E-state index contributed by atoms with van der Waals surface area (Å²) in [7, 11) is 1.63. The van der Waals surface area contributed by atoms with E-state index in [1.807, 2.05) is 36.4 Å². The van der Waals surface area contributed by atoms with E-state index in [2.05, 4.69) is 41.2 Å². The summed E-state index contributed by atoms with van der Waals surface area (Å²) >= 11 is 6.09. The molecule has 3 N–H and O–H groups in total. The van der Waals surface area contributed by atoms with Gasteiger partial charge in [0.2, 0.25) is 0 Å². The molecule has 0 saturated carbocycles. The summed E-state index contributed by atoms with van der Waals surface area (Å²) < 4.78 is 11.2. The van der Waals surface area contributed by atoms with Crippen LogP contribution in [0.5, 0.6) is 5.75 Å². The minimum Gasteiger partial charge on any atom is -0.495 e. The second kappa shape index (κ2) is 9.48. The van der Waals surface area contributed by atoms with Crippen molar-refractivity contribution in [1.82, 2.24) is 4.90 Å². The van der Waals surface area contributed by atoms with E-state index in [1.54, 1.807) is 7.11 Å². The molecule has 1 unspecified atom stereocenters. The predicted octanol–water partition coefficient (Wildman–Crippen LogP) is 3.93. The van der Waals surface area contributed by atoms with Crippen molar-refractivity contribution in [3.63, 3.8) is 0 Å². The van der Waals surface area contributed by atoms with E-state index in [-0.39, 0.29) is 11.6 Å². The van der Waals surface area contributed by atoms with Crippen LogP contribution in [-0.2, 0) is 4.74 Å². The molecule has 7 heteroatoms. The highest BCUT2D eigenvalue weighted by molar-refractivity contribution is 6.30. The van der Waals surface area contributed by atoms with Crippen LogP contribution in [0.2, 0.25) is 5.02 Å². The molecule has 1 aliphatic rings. The topological polar surface area (TPSA) is 72.1 Å². The van der Waals surface area contributed by atoms with Gasteiger partial charge in [-0.25, -0.2) is 0 Å². The molecule has 2 aromatic carbocycles. The number of nitrogens with two attached hydrogens (primary N) is 1. The Morgan fingerprint density at radius 1 is 1.28 bits per heavy atom. The van der Waals surface area contributed by atoms with Crippen LogP contribution in [0, 0.1) is 0 Å². The lowest BCUT2D eigenvalue weighted by Crippen LogP contribution is -2.50. The Labute approximate surface area is 177 Å². The van der Waals surface area contributed by atoms with Crippen molar-refractivity contribution in [2.45, 2.75) is 25.5 Å². The Morgan fingerprint density at radius 2 is 2.00 bits per heavy atom. The number of aliphatic imine (C=N–C) groups is 1. The fourth-order valence-corrected chi connectivity index (χ4v) is 3.67. The van der Waals surface area contributed by atoms with Gasteiger partial charge in [0.1, 0.15) is 5.75 Å². The number of ether oxygens (including phenoxy) is 2. The lowest BCUT2D eigenvalue weighted by Gasteiger charge is -2.42. The van der Waals surface area contributed by atoms with Crippen molar-refractivity contribution in [2.24, 2.45) is 10.7 Å². The molecule has 3 rings (SSSR count). The third-order valence-corrected chi connectivity index (χ3v) is 5.21. The first-order chi connectivity index (χ1) is 13.9. The zero-order chi connectivity index (χ0) is 20.9. The number of anilines is 1. The number of nitrogens with zero attached hydrogens (tertiary/aromatic N) is 2. The van der Waals surface area contributed by atoms with Gasteiger partial charge in [-0.15, -0.1) is 0 Å². The first-order valence-corrected chi connectivity index (χ1v) is 10.1. The summed E-state index contributed by atoms with van der Waals surface area (Å²) in [5.41, 5.74) is 7.92. The molecule has 29 heavy (non-hydrogen) atoms. The second-order valence-electron chi connectivity index (χ2n) is 7.70. The molecule has 2 aromatic rings. The van der Waals surface area contributed by atoms with Gasteiger partial charge in [0.25, 0.3) is 0 Å². The quantitative estimate of drug-likeness (QED) is 0.551. The summed E-state index contributed by atoms with van der Waals surface area (Å²) in [6.07, 6.45) is 0. The van der Waals surface area contributed by atoms with E-state index in [0.29, 0.717) is 19.1 Å². The maximum atomic E-state index is 6.18. The molecule has 1 atom stereocenters. The van der Waals surface area contributed by atoms with Crippen LogP contribution < -0.4 is 15.8 Å². The van der Waals surface area contributed by atoms with Gasteiger partial charge < -0.3 is 20.5 Å². The number of methoxy groups -OCH3 is 1. The molecule has 0 spiro atoms. The van der Waals surface area contributed by atoms with Crippen LogP contribution in [0.1, 0.15) is 25.5 Å². The number of rotatable bonds is 6. The van der Waals surface area contributed by atoms with Crippen molar-refractivity contribution < 1.29 is 9.47 Å². The van der Waals surface area contributed by atoms with Crippen molar-refractivity contribution in [1.29, 1.82) is 0 Å². The molecule has 0 aliphatic carbocycles.